The lowest BCUT2D eigenvalue weighted by Gasteiger charge is -2.05. The number of benzene rings is 2. The molecule has 1 N–H and O–H groups in total. The number of oxime groups is 1. The van der Waals surface area contributed by atoms with Crippen molar-refractivity contribution in [2.75, 3.05) is 11.9 Å². The van der Waals surface area contributed by atoms with Crippen molar-refractivity contribution in [2.45, 2.75) is 0 Å². The van der Waals surface area contributed by atoms with Crippen LogP contribution in [0.2, 0.25) is 5.02 Å². The van der Waals surface area contributed by atoms with Crippen LogP contribution in [0.4, 0.5) is 10.1 Å². The minimum Gasteiger partial charge on any atom is -0.386 e. The maximum absolute atomic E-state index is 12.7. The molecule has 0 heterocycles. The molecular weight excluding hydrogens is 295 g/mol. The summed E-state index contributed by atoms with van der Waals surface area (Å²) in [5.41, 5.74) is 1.18. The fraction of sp³-hybridized carbons (Fsp3) is 0.0667. The normalized spacial score (nSPS) is 10.6. The lowest BCUT2D eigenvalue weighted by atomic mass is 10.2. The molecule has 6 heteroatoms. The summed E-state index contributed by atoms with van der Waals surface area (Å²) in [6.45, 7) is -0.247. The number of anilines is 1. The second-order valence-electron chi connectivity index (χ2n) is 4.09. The van der Waals surface area contributed by atoms with E-state index < -0.39 is 0 Å². The molecule has 0 aliphatic heterocycles. The van der Waals surface area contributed by atoms with E-state index in [1.54, 1.807) is 36.4 Å². The molecule has 0 aromatic heterocycles. The molecule has 4 nitrogen and oxygen atoms in total. The first kappa shape index (κ1) is 15.0. The second-order valence-corrected chi connectivity index (χ2v) is 4.49. The minimum absolute atomic E-state index is 0.247. The van der Waals surface area contributed by atoms with Crippen molar-refractivity contribution in [1.82, 2.24) is 0 Å². The maximum Gasteiger partial charge on any atom is 0.265 e. The van der Waals surface area contributed by atoms with Gasteiger partial charge in [-0.3, -0.25) is 4.79 Å². The number of halogens is 2. The van der Waals surface area contributed by atoms with Crippen molar-refractivity contribution in [2.24, 2.45) is 5.16 Å². The van der Waals surface area contributed by atoms with Crippen LogP contribution in [0.3, 0.4) is 0 Å². The second kappa shape index (κ2) is 7.40. The Balaban J connectivity index is 1.79. The average Bonchev–Trinajstić information content (AvgIpc) is 2.48. The van der Waals surface area contributed by atoms with Gasteiger partial charge in [0.15, 0.2) is 6.61 Å². The van der Waals surface area contributed by atoms with E-state index in [4.69, 9.17) is 16.4 Å². The molecule has 2 aromatic carbocycles. The van der Waals surface area contributed by atoms with E-state index in [0.717, 1.165) is 0 Å². The summed E-state index contributed by atoms with van der Waals surface area (Å²) in [7, 11) is 0. The lowest BCUT2D eigenvalue weighted by Crippen LogP contribution is -2.17. The van der Waals surface area contributed by atoms with Crippen molar-refractivity contribution >= 4 is 29.4 Å². The predicted octanol–water partition coefficient (Wildman–Crippen LogP) is 3.47. The van der Waals surface area contributed by atoms with Crippen LogP contribution in [0, 0.1) is 5.82 Å². The van der Waals surface area contributed by atoms with E-state index in [2.05, 4.69) is 10.5 Å². The van der Waals surface area contributed by atoms with Gasteiger partial charge < -0.3 is 10.2 Å². The Kier molecular flexibility index (Phi) is 5.29. The minimum atomic E-state index is -0.376. The number of hydrogen-bond donors (Lipinski definition) is 1. The molecule has 0 fully saturated rings. The van der Waals surface area contributed by atoms with E-state index in [9.17, 15) is 9.18 Å². The largest absolute Gasteiger partial charge is 0.386 e. The SMILES string of the molecule is O=C(CON=Cc1ccc(F)cc1)Nc1ccccc1Cl. The molecule has 21 heavy (non-hydrogen) atoms. The number of nitrogens with zero attached hydrogens (tertiary/aromatic N) is 1. The van der Waals surface area contributed by atoms with Gasteiger partial charge in [0.2, 0.25) is 0 Å². The highest BCUT2D eigenvalue weighted by molar-refractivity contribution is 6.33. The molecule has 0 atom stereocenters. The van der Waals surface area contributed by atoms with E-state index >= 15 is 0 Å². The Morgan fingerprint density at radius 3 is 2.67 bits per heavy atom. The first-order valence-corrected chi connectivity index (χ1v) is 6.48. The summed E-state index contributed by atoms with van der Waals surface area (Å²) < 4.78 is 12.7. The molecule has 0 saturated carbocycles. The molecule has 0 saturated heterocycles. The molecular formula is C15H12ClFN2O2. The first-order chi connectivity index (χ1) is 10.1. The number of para-hydroxylation sites is 1. The molecule has 0 unspecified atom stereocenters. The van der Waals surface area contributed by atoms with Gasteiger partial charge in [-0.2, -0.15) is 0 Å². The molecule has 0 aliphatic carbocycles. The van der Waals surface area contributed by atoms with Crippen LogP contribution >= 0.6 is 11.6 Å². The molecule has 2 rings (SSSR count). The molecule has 0 spiro atoms. The zero-order valence-corrected chi connectivity index (χ0v) is 11.7. The Morgan fingerprint density at radius 2 is 1.95 bits per heavy atom. The van der Waals surface area contributed by atoms with Crippen molar-refractivity contribution < 1.29 is 14.0 Å². The third-order valence-electron chi connectivity index (χ3n) is 2.49. The predicted molar refractivity (Wildman–Crippen MR) is 80.0 cm³/mol. The molecule has 0 aliphatic rings. The van der Waals surface area contributed by atoms with Crippen LogP contribution in [0.5, 0.6) is 0 Å². The molecule has 1 amide bonds. The Morgan fingerprint density at radius 1 is 1.24 bits per heavy atom. The van der Waals surface area contributed by atoms with Crippen LogP contribution in [0.25, 0.3) is 0 Å². The third kappa shape index (κ3) is 4.89. The Hall–Kier alpha value is -2.40. The van der Waals surface area contributed by atoms with Crippen molar-refractivity contribution in [1.29, 1.82) is 0 Å². The third-order valence-corrected chi connectivity index (χ3v) is 2.82. The van der Waals surface area contributed by atoms with Gasteiger partial charge in [0.25, 0.3) is 5.91 Å². The number of amides is 1. The standard InChI is InChI=1S/C15H12ClFN2O2/c16-13-3-1-2-4-14(13)19-15(20)10-21-18-9-11-5-7-12(17)8-6-11/h1-9H,10H2,(H,19,20). The smallest absolute Gasteiger partial charge is 0.265 e. The highest BCUT2D eigenvalue weighted by Gasteiger charge is 2.05. The van der Waals surface area contributed by atoms with Crippen molar-refractivity contribution in [3.63, 3.8) is 0 Å². The van der Waals surface area contributed by atoms with Gasteiger partial charge in [-0.15, -0.1) is 0 Å². The monoisotopic (exact) mass is 306 g/mol. The van der Waals surface area contributed by atoms with Crippen LogP contribution in [0.15, 0.2) is 53.7 Å². The van der Waals surface area contributed by atoms with Gasteiger partial charge in [-0.25, -0.2) is 4.39 Å². The fourth-order valence-electron chi connectivity index (χ4n) is 1.49. The highest BCUT2D eigenvalue weighted by atomic mass is 35.5. The lowest BCUT2D eigenvalue weighted by molar-refractivity contribution is -0.120. The summed E-state index contributed by atoms with van der Waals surface area (Å²) >= 11 is 5.91. The maximum atomic E-state index is 12.7. The van der Waals surface area contributed by atoms with Gasteiger partial charge in [-0.05, 0) is 29.8 Å². The summed E-state index contributed by atoms with van der Waals surface area (Å²) in [5.74, 6) is -0.702. The number of rotatable bonds is 5. The van der Waals surface area contributed by atoms with Crippen molar-refractivity contribution in [3.05, 3.63) is 64.9 Å². The topological polar surface area (TPSA) is 50.7 Å². The van der Waals surface area contributed by atoms with Gasteiger partial charge in [0, 0.05) is 0 Å². The summed E-state index contributed by atoms with van der Waals surface area (Å²) in [6.07, 6.45) is 1.39. The summed E-state index contributed by atoms with van der Waals surface area (Å²) in [5, 5.41) is 6.68. The average molecular weight is 307 g/mol. The zero-order valence-electron chi connectivity index (χ0n) is 10.9. The van der Waals surface area contributed by atoms with Gasteiger partial charge in [-0.1, -0.05) is 41.0 Å². The Labute approximate surface area is 126 Å². The number of hydrogen-bond acceptors (Lipinski definition) is 3. The van der Waals surface area contributed by atoms with E-state index in [-0.39, 0.29) is 18.3 Å². The molecule has 108 valence electrons. The first-order valence-electron chi connectivity index (χ1n) is 6.10. The molecule has 0 bridgehead atoms. The Bertz CT molecular complexity index is 644. The molecule has 0 radical (unpaired) electrons. The number of nitrogens with one attached hydrogen (secondary N) is 1. The van der Waals surface area contributed by atoms with E-state index in [1.807, 2.05) is 0 Å². The summed E-state index contributed by atoms with van der Waals surface area (Å²) in [4.78, 5) is 16.5. The van der Waals surface area contributed by atoms with Gasteiger partial charge in [0.05, 0.1) is 16.9 Å². The summed E-state index contributed by atoms with van der Waals surface area (Å²) in [6, 6.07) is 12.6. The zero-order chi connectivity index (χ0) is 15.1. The van der Waals surface area contributed by atoms with E-state index in [1.165, 1.54) is 18.3 Å². The van der Waals surface area contributed by atoms with Gasteiger partial charge in [0.1, 0.15) is 5.82 Å². The number of carbonyl (C=O) groups excluding carboxylic acids is 1. The fourth-order valence-corrected chi connectivity index (χ4v) is 1.67. The van der Waals surface area contributed by atoms with Gasteiger partial charge >= 0.3 is 0 Å². The number of carbonyl (C=O) groups is 1. The quantitative estimate of drug-likeness (QED) is 0.679. The van der Waals surface area contributed by atoms with Crippen molar-refractivity contribution in [3.8, 4) is 0 Å². The van der Waals surface area contributed by atoms with E-state index in [0.29, 0.717) is 16.3 Å². The highest BCUT2D eigenvalue weighted by Crippen LogP contribution is 2.20. The van der Waals surface area contributed by atoms with Crippen LogP contribution in [-0.4, -0.2) is 18.7 Å². The van der Waals surface area contributed by atoms with Crippen LogP contribution < -0.4 is 5.32 Å². The van der Waals surface area contributed by atoms with Crippen LogP contribution in [-0.2, 0) is 9.63 Å². The molecule has 2 aromatic rings. The van der Waals surface area contributed by atoms with Crippen LogP contribution in [0.1, 0.15) is 5.56 Å².